The molecule has 1 aromatic rings. The van der Waals surface area contributed by atoms with Gasteiger partial charge in [-0.15, -0.1) is 0 Å². The van der Waals surface area contributed by atoms with Crippen molar-refractivity contribution in [2.24, 2.45) is 0 Å². The van der Waals surface area contributed by atoms with Crippen molar-refractivity contribution < 1.29 is 22.7 Å². The molecule has 1 N–H and O–H groups in total. The van der Waals surface area contributed by atoms with Gasteiger partial charge in [0.15, 0.2) is 9.84 Å². The van der Waals surface area contributed by atoms with E-state index in [-0.39, 0.29) is 10.6 Å². The fourth-order valence-electron chi connectivity index (χ4n) is 2.76. The first-order valence-electron chi connectivity index (χ1n) is 7.35. The van der Waals surface area contributed by atoms with Crippen molar-refractivity contribution in [3.63, 3.8) is 0 Å². The summed E-state index contributed by atoms with van der Waals surface area (Å²) in [6.07, 6.45) is 2.80. The number of piperidine rings is 1. The summed E-state index contributed by atoms with van der Waals surface area (Å²) in [4.78, 5) is 13.1. The van der Waals surface area contributed by atoms with Crippen molar-refractivity contribution in [1.29, 1.82) is 0 Å². The zero-order valence-electron chi connectivity index (χ0n) is 12.2. The number of sulfone groups is 1. The summed E-state index contributed by atoms with van der Waals surface area (Å²) < 4.78 is 37.1. The molecule has 0 amide bonds. The monoisotopic (exact) mass is 329 g/mol. The Labute approximate surface area is 129 Å². The predicted molar refractivity (Wildman–Crippen MR) is 79.9 cm³/mol. The highest BCUT2D eigenvalue weighted by molar-refractivity contribution is 7.91. The molecule has 1 aliphatic heterocycles. The number of carboxylic acids is 1. The summed E-state index contributed by atoms with van der Waals surface area (Å²) in [6.45, 7) is 1.13. The van der Waals surface area contributed by atoms with E-state index in [2.05, 4.69) is 0 Å². The summed E-state index contributed by atoms with van der Waals surface area (Å²) >= 11 is 0. The van der Waals surface area contributed by atoms with Crippen LogP contribution in [-0.2, 0) is 14.6 Å². The highest BCUT2D eigenvalue weighted by Crippen LogP contribution is 2.18. The number of nitrogens with zero attached hydrogens (tertiary/aromatic N) is 1. The molecule has 0 aliphatic carbocycles. The first-order chi connectivity index (χ1) is 10.4. The number of benzene rings is 1. The molecule has 2 rings (SSSR count). The van der Waals surface area contributed by atoms with Gasteiger partial charge in [0.25, 0.3) is 0 Å². The minimum Gasteiger partial charge on any atom is -0.480 e. The third-order valence-electron chi connectivity index (χ3n) is 3.93. The molecule has 22 heavy (non-hydrogen) atoms. The number of carbonyl (C=O) groups is 1. The third-order valence-corrected chi connectivity index (χ3v) is 5.75. The molecule has 122 valence electrons. The Balaban J connectivity index is 1.92. The molecule has 1 heterocycles. The van der Waals surface area contributed by atoms with Gasteiger partial charge in [0.1, 0.15) is 11.9 Å². The van der Waals surface area contributed by atoms with Gasteiger partial charge in [-0.3, -0.25) is 9.69 Å². The minimum atomic E-state index is -3.46. The lowest BCUT2D eigenvalue weighted by atomic mass is 10.0. The van der Waals surface area contributed by atoms with Gasteiger partial charge in [0, 0.05) is 0 Å². The Morgan fingerprint density at radius 3 is 2.59 bits per heavy atom. The normalized spacial score (nSPS) is 20.0. The molecule has 1 atom stereocenters. The van der Waals surface area contributed by atoms with Crippen molar-refractivity contribution >= 4 is 15.8 Å². The highest BCUT2D eigenvalue weighted by Gasteiger charge is 2.28. The molecule has 1 aliphatic rings. The molecule has 7 heteroatoms. The number of hydrogen-bond donors (Lipinski definition) is 1. The van der Waals surface area contributed by atoms with Crippen LogP contribution in [0.4, 0.5) is 4.39 Å². The molecule has 0 spiro atoms. The number of aliphatic carboxylic acids is 1. The van der Waals surface area contributed by atoms with Crippen LogP contribution >= 0.6 is 0 Å². The quantitative estimate of drug-likeness (QED) is 0.807. The minimum absolute atomic E-state index is 0.0680. The number of hydrogen-bond acceptors (Lipinski definition) is 4. The summed E-state index contributed by atoms with van der Waals surface area (Å²) in [7, 11) is -3.46. The Hall–Kier alpha value is -1.47. The number of halogens is 1. The second-order valence-electron chi connectivity index (χ2n) is 5.51. The molecule has 0 bridgehead atoms. The zero-order chi connectivity index (χ0) is 16.2. The predicted octanol–water partition coefficient (Wildman–Crippen LogP) is 1.93. The van der Waals surface area contributed by atoms with E-state index in [0.717, 1.165) is 25.0 Å². The van der Waals surface area contributed by atoms with Crippen LogP contribution in [-0.4, -0.2) is 49.3 Å². The van der Waals surface area contributed by atoms with E-state index >= 15 is 0 Å². The summed E-state index contributed by atoms with van der Waals surface area (Å²) in [5.74, 6) is -1.39. The lowest BCUT2D eigenvalue weighted by molar-refractivity contribution is -0.144. The molecule has 0 saturated carbocycles. The highest BCUT2D eigenvalue weighted by atomic mass is 32.2. The smallest absolute Gasteiger partial charge is 0.320 e. The molecule has 5 nitrogen and oxygen atoms in total. The number of likely N-dealkylation sites (tertiary alicyclic amines) is 1. The summed E-state index contributed by atoms with van der Waals surface area (Å²) in [5, 5.41) is 9.18. The van der Waals surface area contributed by atoms with Gasteiger partial charge in [-0.2, -0.15) is 0 Å². The van der Waals surface area contributed by atoms with Crippen molar-refractivity contribution in [2.75, 3.05) is 18.8 Å². The fourth-order valence-corrected chi connectivity index (χ4v) is 4.05. The Morgan fingerprint density at radius 1 is 1.27 bits per heavy atom. The number of carboxylic acid groups (broad SMARTS) is 1. The number of rotatable bonds is 6. The third kappa shape index (κ3) is 4.27. The Kier molecular flexibility index (Phi) is 5.52. The first-order valence-corrected chi connectivity index (χ1v) is 9.00. The standard InChI is InChI=1S/C15H20FNO4S/c16-12-5-7-13(8-6-12)22(20,21)11-3-10-17-9-2-1-4-14(17)15(18)19/h5-8,14H,1-4,9-11H2,(H,18,19). The van der Waals surface area contributed by atoms with Crippen molar-refractivity contribution in [3.8, 4) is 0 Å². The maximum Gasteiger partial charge on any atom is 0.320 e. The zero-order valence-corrected chi connectivity index (χ0v) is 13.1. The van der Waals surface area contributed by atoms with Crippen molar-refractivity contribution in [1.82, 2.24) is 4.90 Å². The largest absolute Gasteiger partial charge is 0.480 e. The van der Waals surface area contributed by atoms with Gasteiger partial charge < -0.3 is 5.11 Å². The lowest BCUT2D eigenvalue weighted by Gasteiger charge is -2.32. The summed E-state index contributed by atoms with van der Waals surface area (Å²) in [5.41, 5.74) is 0. The van der Waals surface area contributed by atoms with Crippen LogP contribution in [0.1, 0.15) is 25.7 Å². The van der Waals surface area contributed by atoms with E-state index in [9.17, 15) is 22.7 Å². The molecule has 0 radical (unpaired) electrons. The van der Waals surface area contributed by atoms with E-state index in [4.69, 9.17) is 0 Å². The van der Waals surface area contributed by atoms with Gasteiger partial charge in [0.05, 0.1) is 10.6 Å². The second-order valence-corrected chi connectivity index (χ2v) is 7.62. The molecular weight excluding hydrogens is 309 g/mol. The molecule has 1 aromatic carbocycles. The van der Waals surface area contributed by atoms with Gasteiger partial charge in [-0.05, 0) is 56.6 Å². The van der Waals surface area contributed by atoms with E-state index in [1.807, 2.05) is 4.90 Å². The first kappa shape index (κ1) is 16.9. The Morgan fingerprint density at radius 2 is 1.95 bits per heavy atom. The van der Waals surface area contributed by atoms with Crippen LogP contribution in [0.5, 0.6) is 0 Å². The van der Waals surface area contributed by atoms with Crippen LogP contribution < -0.4 is 0 Å². The topological polar surface area (TPSA) is 74.7 Å². The average Bonchev–Trinajstić information content (AvgIpc) is 2.48. The second kappa shape index (κ2) is 7.19. The molecular formula is C15H20FNO4S. The lowest BCUT2D eigenvalue weighted by Crippen LogP contribution is -2.45. The van der Waals surface area contributed by atoms with Gasteiger partial charge in [-0.1, -0.05) is 6.42 Å². The van der Waals surface area contributed by atoms with Crippen molar-refractivity contribution in [2.45, 2.75) is 36.6 Å². The molecule has 0 aromatic heterocycles. The van der Waals surface area contributed by atoms with Crippen LogP contribution in [0.3, 0.4) is 0 Å². The van der Waals surface area contributed by atoms with Gasteiger partial charge in [-0.25, -0.2) is 12.8 Å². The maximum atomic E-state index is 12.8. The van der Waals surface area contributed by atoms with E-state index < -0.39 is 27.7 Å². The maximum absolute atomic E-state index is 12.8. The average molecular weight is 329 g/mol. The van der Waals surface area contributed by atoms with Crippen LogP contribution in [0, 0.1) is 5.82 Å². The van der Waals surface area contributed by atoms with E-state index in [1.54, 1.807) is 0 Å². The molecule has 1 fully saturated rings. The van der Waals surface area contributed by atoms with E-state index in [1.165, 1.54) is 12.1 Å². The van der Waals surface area contributed by atoms with E-state index in [0.29, 0.717) is 25.9 Å². The molecule has 1 saturated heterocycles. The van der Waals surface area contributed by atoms with Crippen LogP contribution in [0.25, 0.3) is 0 Å². The SMILES string of the molecule is O=C(O)C1CCCCN1CCCS(=O)(=O)c1ccc(F)cc1. The summed E-state index contributed by atoms with van der Waals surface area (Å²) in [6, 6.07) is 4.25. The molecule has 1 unspecified atom stereocenters. The van der Waals surface area contributed by atoms with Gasteiger partial charge >= 0.3 is 5.97 Å². The van der Waals surface area contributed by atoms with Gasteiger partial charge in [0.2, 0.25) is 0 Å². The Bertz CT molecular complexity index is 615. The fraction of sp³-hybridized carbons (Fsp3) is 0.533. The van der Waals surface area contributed by atoms with Crippen LogP contribution in [0.2, 0.25) is 0 Å². The van der Waals surface area contributed by atoms with Crippen LogP contribution in [0.15, 0.2) is 29.2 Å². The van der Waals surface area contributed by atoms with Crippen molar-refractivity contribution in [3.05, 3.63) is 30.1 Å².